The first kappa shape index (κ1) is 43.2. The second-order valence-corrected chi connectivity index (χ2v) is 14.4. The van der Waals surface area contributed by atoms with E-state index >= 15 is 0 Å². The van der Waals surface area contributed by atoms with Gasteiger partial charge in [-0.25, -0.2) is 0 Å². The molecule has 0 aromatic heterocycles. The van der Waals surface area contributed by atoms with Crippen LogP contribution in [-0.4, -0.2) is 17.0 Å². The fourth-order valence-electron chi connectivity index (χ4n) is 6.63. The maximum Gasteiger partial charge on any atom is 0.311 e. The van der Waals surface area contributed by atoms with Gasteiger partial charge in [0.05, 0.1) is 0 Å². The summed E-state index contributed by atoms with van der Waals surface area (Å²) < 4.78 is 5.41. The summed E-state index contributed by atoms with van der Waals surface area (Å²) in [6.45, 7) is 2.30. The van der Waals surface area contributed by atoms with Crippen molar-refractivity contribution in [2.24, 2.45) is 0 Å². The number of carboxylic acids is 1. The van der Waals surface area contributed by atoms with Crippen LogP contribution in [0.15, 0.2) is 24.3 Å². The number of hydrogen-bond acceptors (Lipinski definition) is 3. The zero-order valence-electron chi connectivity index (χ0n) is 31.0. The molecule has 0 aliphatic carbocycles. The van der Waals surface area contributed by atoms with E-state index in [4.69, 9.17) is 9.84 Å². The molecule has 0 spiro atoms. The molecule has 0 unspecified atom stereocenters. The Morgan fingerprint density at radius 2 is 0.745 bits per heavy atom. The molecule has 0 aliphatic heterocycles. The Kier molecular flexibility index (Phi) is 31.3. The van der Waals surface area contributed by atoms with Gasteiger partial charge in [0.15, 0.2) is 0 Å². The minimum Gasteiger partial charge on any atom is -0.481 e. The SMILES string of the molecule is CCCCCCCCCCCCCCCCCCCCCCCCCCCCCCCCCC(=O)Oc1ccc(CCC(=O)O)cc1. The third-order valence-corrected chi connectivity index (χ3v) is 9.77. The summed E-state index contributed by atoms with van der Waals surface area (Å²) >= 11 is 0. The second kappa shape index (κ2) is 34.0. The van der Waals surface area contributed by atoms with Crippen molar-refractivity contribution < 1.29 is 19.4 Å². The van der Waals surface area contributed by atoms with Gasteiger partial charge in [-0.15, -0.1) is 0 Å². The van der Waals surface area contributed by atoms with Crippen molar-refractivity contribution in [3.63, 3.8) is 0 Å². The number of ether oxygens (including phenoxy) is 1. The number of hydrogen-bond donors (Lipinski definition) is 1. The first-order valence-electron chi connectivity index (χ1n) is 20.6. The van der Waals surface area contributed by atoms with Crippen LogP contribution < -0.4 is 4.74 Å². The van der Waals surface area contributed by atoms with Gasteiger partial charge in [-0.05, 0) is 30.5 Å². The van der Waals surface area contributed by atoms with Gasteiger partial charge in [-0.1, -0.05) is 212 Å². The molecule has 0 saturated carbocycles. The van der Waals surface area contributed by atoms with Gasteiger partial charge in [0, 0.05) is 12.8 Å². The third-order valence-electron chi connectivity index (χ3n) is 9.77. The van der Waals surface area contributed by atoms with Crippen LogP contribution in [0.3, 0.4) is 0 Å². The Hall–Kier alpha value is -1.84. The van der Waals surface area contributed by atoms with Crippen LogP contribution in [-0.2, 0) is 16.0 Å². The van der Waals surface area contributed by atoms with Gasteiger partial charge >= 0.3 is 11.9 Å². The standard InChI is InChI=1S/C43H76O4/c1-2-3-4-5-6-7-8-9-10-11-12-13-14-15-16-17-18-19-20-21-22-23-24-25-26-27-28-29-30-31-32-33-43(46)47-41-37-34-40(35-38-41)36-39-42(44)45/h34-35,37-38H,2-33,36,39H2,1H3,(H,44,45). The Morgan fingerprint density at radius 3 is 1.04 bits per heavy atom. The van der Waals surface area contributed by atoms with Crippen molar-refractivity contribution in [1.29, 1.82) is 0 Å². The monoisotopic (exact) mass is 657 g/mol. The molecule has 272 valence electrons. The van der Waals surface area contributed by atoms with Crippen LogP contribution in [0.5, 0.6) is 5.75 Å². The minimum absolute atomic E-state index is 0.110. The molecule has 1 aromatic carbocycles. The highest BCUT2D eigenvalue weighted by Crippen LogP contribution is 2.18. The van der Waals surface area contributed by atoms with E-state index in [9.17, 15) is 9.59 Å². The number of unbranched alkanes of at least 4 members (excludes halogenated alkanes) is 30. The summed E-state index contributed by atoms with van der Waals surface area (Å²) in [5, 5.41) is 8.77. The maximum absolute atomic E-state index is 12.1. The fourth-order valence-corrected chi connectivity index (χ4v) is 6.63. The first-order chi connectivity index (χ1) is 23.1. The summed E-state index contributed by atoms with van der Waals surface area (Å²) in [5.74, 6) is -0.449. The van der Waals surface area contributed by atoms with Crippen LogP contribution in [0.2, 0.25) is 0 Å². The quantitative estimate of drug-likeness (QED) is 0.0443. The molecule has 1 N–H and O–H groups in total. The number of rotatable bonds is 36. The zero-order chi connectivity index (χ0) is 33.9. The summed E-state index contributed by atoms with van der Waals surface area (Å²) in [4.78, 5) is 22.7. The molecule has 0 aliphatic rings. The van der Waals surface area contributed by atoms with Crippen molar-refractivity contribution in [3.8, 4) is 5.75 Å². The maximum atomic E-state index is 12.1. The molecule has 0 bridgehead atoms. The van der Waals surface area contributed by atoms with Crippen molar-refractivity contribution >= 4 is 11.9 Å². The zero-order valence-corrected chi connectivity index (χ0v) is 31.0. The Labute approximate surface area is 291 Å². The lowest BCUT2D eigenvalue weighted by Gasteiger charge is -2.06. The average Bonchev–Trinajstić information content (AvgIpc) is 3.07. The van der Waals surface area contributed by atoms with E-state index in [2.05, 4.69) is 6.92 Å². The number of carboxylic acid groups (broad SMARTS) is 1. The number of benzene rings is 1. The Bertz CT molecular complexity index is 818. The predicted molar refractivity (Wildman–Crippen MR) is 201 cm³/mol. The number of carbonyl (C=O) groups excluding carboxylic acids is 1. The van der Waals surface area contributed by atoms with Crippen LogP contribution in [0.4, 0.5) is 0 Å². The molecular formula is C43H76O4. The molecule has 0 radical (unpaired) electrons. The van der Waals surface area contributed by atoms with E-state index in [1.807, 2.05) is 12.1 Å². The van der Waals surface area contributed by atoms with Gasteiger partial charge in [0.1, 0.15) is 5.75 Å². The lowest BCUT2D eigenvalue weighted by atomic mass is 10.0. The lowest BCUT2D eigenvalue weighted by molar-refractivity contribution is -0.137. The molecule has 1 aromatic rings. The minimum atomic E-state index is -0.804. The van der Waals surface area contributed by atoms with E-state index in [1.54, 1.807) is 12.1 Å². The highest BCUT2D eigenvalue weighted by atomic mass is 16.5. The van der Waals surface area contributed by atoms with Crippen LogP contribution in [0.25, 0.3) is 0 Å². The number of esters is 1. The van der Waals surface area contributed by atoms with Gasteiger partial charge < -0.3 is 9.84 Å². The summed E-state index contributed by atoms with van der Waals surface area (Å²) in [7, 11) is 0. The number of aryl methyl sites for hydroxylation is 1. The number of aliphatic carboxylic acids is 1. The highest BCUT2D eigenvalue weighted by molar-refractivity contribution is 5.72. The van der Waals surface area contributed by atoms with Gasteiger partial charge in [-0.2, -0.15) is 0 Å². The number of carbonyl (C=O) groups is 2. The molecule has 0 atom stereocenters. The Balaban J connectivity index is 1.71. The van der Waals surface area contributed by atoms with Crippen molar-refractivity contribution in [2.75, 3.05) is 0 Å². The van der Waals surface area contributed by atoms with Crippen LogP contribution in [0.1, 0.15) is 224 Å². The van der Waals surface area contributed by atoms with E-state index in [0.29, 0.717) is 18.6 Å². The molecular weight excluding hydrogens is 580 g/mol. The molecule has 4 heteroatoms. The largest absolute Gasteiger partial charge is 0.481 e. The van der Waals surface area contributed by atoms with Crippen molar-refractivity contribution in [3.05, 3.63) is 29.8 Å². The smallest absolute Gasteiger partial charge is 0.311 e. The normalized spacial score (nSPS) is 11.3. The average molecular weight is 657 g/mol. The van der Waals surface area contributed by atoms with Crippen LogP contribution in [0, 0.1) is 0 Å². The van der Waals surface area contributed by atoms with E-state index in [0.717, 1.165) is 18.4 Å². The third kappa shape index (κ3) is 31.2. The molecule has 0 amide bonds. The van der Waals surface area contributed by atoms with Crippen LogP contribution >= 0.6 is 0 Å². The van der Waals surface area contributed by atoms with Gasteiger partial charge in [0.25, 0.3) is 0 Å². The summed E-state index contributed by atoms with van der Waals surface area (Å²) in [6.07, 6.45) is 44.3. The molecule has 4 nitrogen and oxygen atoms in total. The fraction of sp³-hybridized carbons (Fsp3) is 0.814. The highest BCUT2D eigenvalue weighted by Gasteiger charge is 2.06. The molecule has 47 heavy (non-hydrogen) atoms. The molecule has 1 rings (SSSR count). The van der Waals surface area contributed by atoms with E-state index in [1.165, 1.54) is 186 Å². The topological polar surface area (TPSA) is 63.6 Å². The van der Waals surface area contributed by atoms with Crippen molar-refractivity contribution in [2.45, 2.75) is 225 Å². The predicted octanol–water partition coefficient (Wildman–Crippen LogP) is 14.1. The molecule has 0 fully saturated rings. The van der Waals surface area contributed by atoms with Crippen molar-refractivity contribution in [1.82, 2.24) is 0 Å². The molecule has 0 heterocycles. The van der Waals surface area contributed by atoms with Gasteiger partial charge in [-0.3, -0.25) is 9.59 Å². The lowest BCUT2D eigenvalue weighted by Crippen LogP contribution is -2.07. The van der Waals surface area contributed by atoms with Gasteiger partial charge in [0.2, 0.25) is 0 Å². The second-order valence-electron chi connectivity index (χ2n) is 14.4. The summed E-state index contributed by atoms with van der Waals surface area (Å²) in [5.41, 5.74) is 0.938. The summed E-state index contributed by atoms with van der Waals surface area (Å²) in [6, 6.07) is 7.15. The first-order valence-corrected chi connectivity index (χ1v) is 20.6. The van der Waals surface area contributed by atoms with E-state index < -0.39 is 5.97 Å². The Morgan fingerprint density at radius 1 is 0.447 bits per heavy atom. The van der Waals surface area contributed by atoms with E-state index in [-0.39, 0.29) is 12.4 Å². The molecule has 0 saturated heterocycles.